The maximum absolute atomic E-state index is 11.7. The first-order valence-electron chi connectivity index (χ1n) is 5.96. The molecular formula is C14H13NO6. The van der Waals surface area contributed by atoms with Crippen molar-refractivity contribution in [2.75, 3.05) is 6.61 Å². The lowest BCUT2D eigenvalue weighted by atomic mass is 10.1. The molecule has 0 aliphatic carbocycles. The largest absolute Gasteiger partial charge is 0.508 e. The summed E-state index contributed by atoms with van der Waals surface area (Å²) in [5.74, 6) is -3.54. The molecule has 0 spiro atoms. The van der Waals surface area contributed by atoms with Crippen molar-refractivity contribution in [2.45, 2.75) is 12.8 Å². The number of hydrogen-bond acceptors (Lipinski definition) is 6. The summed E-state index contributed by atoms with van der Waals surface area (Å²) in [5, 5.41) is 35.4. The number of benzene rings is 1. The number of nitrogens with zero attached hydrogens (tertiary/aromatic N) is 1. The highest BCUT2D eigenvalue weighted by atomic mass is 16.5. The number of carbonyl (C=O) groups is 2. The average Bonchev–Trinajstić information content (AvgIpc) is 2.42. The molecule has 0 amide bonds. The van der Waals surface area contributed by atoms with Crippen LogP contribution in [0.4, 0.5) is 0 Å². The minimum Gasteiger partial charge on any atom is -0.508 e. The first-order valence-corrected chi connectivity index (χ1v) is 5.96. The van der Waals surface area contributed by atoms with Crippen LogP contribution in [0.25, 0.3) is 0 Å². The SMILES string of the molecule is N#CCCCOc1cc(O)cc(C(=O)/C=C(\O)C(=O)O)c1. The van der Waals surface area contributed by atoms with Gasteiger partial charge in [0.2, 0.25) is 5.76 Å². The van der Waals surface area contributed by atoms with Crippen LogP contribution >= 0.6 is 0 Å². The summed E-state index contributed by atoms with van der Waals surface area (Å²) in [6.45, 7) is 0.237. The highest BCUT2D eigenvalue weighted by Gasteiger charge is 2.11. The van der Waals surface area contributed by atoms with Crippen LogP contribution in [-0.2, 0) is 4.79 Å². The molecule has 0 fully saturated rings. The van der Waals surface area contributed by atoms with Crippen molar-refractivity contribution >= 4 is 11.8 Å². The molecule has 0 heterocycles. The van der Waals surface area contributed by atoms with Gasteiger partial charge in [0.05, 0.1) is 12.7 Å². The van der Waals surface area contributed by atoms with Gasteiger partial charge in [0.25, 0.3) is 0 Å². The van der Waals surface area contributed by atoms with E-state index < -0.39 is 17.5 Å². The number of aliphatic hydroxyl groups is 1. The number of aliphatic hydroxyl groups excluding tert-OH is 1. The second-order valence-corrected chi connectivity index (χ2v) is 4.02. The van der Waals surface area contributed by atoms with E-state index in [4.69, 9.17) is 20.2 Å². The molecule has 0 bridgehead atoms. The molecule has 0 radical (unpaired) electrons. The Kier molecular flexibility index (Phi) is 5.77. The molecule has 1 aromatic carbocycles. The molecule has 21 heavy (non-hydrogen) atoms. The van der Waals surface area contributed by atoms with E-state index in [1.165, 1.54) is 12.1 Å². The van der Waals surface area contributed by atoms with Crippen LogP contribution in [0.5, 0.6) is 11.5 Å². The third-order valence-corrected chi connectivity index (χ3v) is 2.36. The number of aliphatic carboxylic acids is 1. The van der Waals surface area contributed by atoms with Crippen molar-refractivity contribution in [3.63, 3.8) is 0 Å². The quantitative estimate of drug-likeness (QED) is 0.302. The maximum atomic E-state index is 11.7. The Bertz CT molecular complexity index is 614. The summed E-state index contributed by atoms with van der Waals surface area (Å²) in [6, 6.07) is 5.66. The zero-order valence-electron chi connectivity index (χ0n) is 10.9. The summed E-state index contributed by atoms with van der Waals surface area (Å²) in [7, 11) is 0. The van der Waals surface area contributed by atoms with Crippen molar-refractivity contribution in [3.8, 4) is 17.6 Å². The highest BCUT2D eigenvalue weighted by molar-refractivity contribution is 6.08. The molecular weight excluding hydrogens is 278 g/mol. The number of rotatable bonds is 7. The van der Waals surface area contributed by atoms with Gasteiger partial charge in [-0.25, -0.2) is 4.79 Å². The van der Waals surface area contributed by atoms with Crippen molar-refractivity contribution in [1.82, 2.24) is 0 Å². The second-order valence-electron chi connectivity index (χ2n) is 4.02. The van der Waals surface area contributed by atoms with E-state index >= 15 is 0 Å². The highest BCUT2D eigenvalue weighted by Crippen LogP contribution is 2.22. The lowest BCUT2D eigenvalue weighted by molar-refractivity contribution is -0.135. The molecule has 0 aliphatic heterocycles. The van der Waals surface area contributed by atoms with Crippen LogP contribution in [0.1, 0.15) is 23.2 Å². The molecule has 110 valence electrons. The zero-order chi connectivity index (χ0) is 15.8. The van der Waals surface area contributed by atoms with Crippen LogP contribution in [-0.4, -0.2) is 33.7 Å². The summed E-state index contributed by atoms with van der Waals surface area (Å²) in [4.78, 5) is 22.2. The number of phenolic OH excluding ortho intramolecular Hbond substituents is 1. The molecule has 0 unspecified atom stereocenters. The molecule has 7 nitrogen and oxygen atoms in total. The minimum absolute atomic E-state index is 0.0296. The number of carbonyl (C=O) groups excluding carboxylic acids is 1. The summed E-state index contributed by atoms with van der Waals surface area (Å²) < 4.78 is 5.27. The number of allylic oxidation sites excluding steroid dienone is 1. The number of nitriles is 1. The van der Waals surface area contributed by atoms with Crippen molar-refractivity contribution in [1.29, 1.82) is 5.26 Å². The van der Waals surface area contributed by atoms with Gasteiger partial charge in [0.1, 0.15) is 11.5 Å². The van der Waals surface area contributed by atoms with Gasteiger partial charge >= 0.3 is 5.97 Å². The summed E-state index contributed by atoms with van der Waals surface area (Å²) in [5.41, 5.74) is -0.0296. The van der Waals surface area contributed by atoms with Crippen molar-refractivity contribution in [3.05, 3.63) is 35.6 Å². The number of phenols is 1. The molecule has 0 atom stereocenters. The third-order valence-electron chi connectivity index (χ3n) is 2.36. The first-order chi connectivity index (χ1) is 9.93. The standard InChI is InChI=1S/C14H13NO6/c15-3-1-2-4-21-11-6-9(5-10(16)7-11)12(17)8-13(18)14(19)20/h5-8,16,18H,1-2,4H2,(H,19,20)/b13-8-. The van der Waals surface area contributed by atoms with Crippen molar-refractivity contribution < 1.29 is 29.6 Å². The Labute approximate surface area is 120 Å². The van der Waals surface area contributed by atoms with Gasteiger partial charge in [-0.15, -0.1) is 0 Å². The predicted octanol–water partition coefficient (Wildman–Crippen LogP) is 1.78. The average molecular weight is 291 g/mol. The zero-order valence-corrected chi connectivity index (χ0v) is 10.9. The number of hydrogen-bond donors (Lipinski definition) is 3. The normalized spacial score (nSPS) is 10.7. The number of ether oxygens (including phenoxy) is 1. The molecule has 7 heteroatoms. The minimum atomic E-state index is -1.63. The second kappa shape index (κ2) is 7.55. The summed E-state index contributed by atoms with van der Waals surface area (Å²) in [6.07, 6.45) is 1.35. The maximum Gasteiger partial charge on any atom is 0.371 e. The summed E-state index contributed by atoms with van der Waals surface area (Å²) >= 11 is 0. The Balaban J connectivity index is 2.87. The Morgan fingerprint density at radius 3 is 2.62 bits per heavy atom. The van der Waals surface area contributed by atoms with Gasteiger partial charge in [-0.1, -0.05) is 0 Å². The van der Waals surface area contributed by atoms with Gasteiger partial charge in [-0.3, -0.25) is 4.79 Å². The fraction of sp³-hybridized carbons (Fsp3) is 0.214. The monoisotopic (exact) mass is 291 g/mol. The van der Waals surface area contributed by atoms with Crippen LogP contribution < -0.4 is 4.74 Å². The Morgan fingerprint density at radius 2 is 2.00 bits per heavy atom. The lowest BCUT2D eigenvalue weighted by Crippen LogP contribution is -2.04. The topological polar surface area (TPSA) is 128 Å². The van der Waals surface area contributed by atoms with Gasteiger partial charge in [0.15, 0.2) is 5.78 Å². The van der Waals surface area contributed by atoms with Gasteiger partial charge in [-0.2, -0.15) is 5.26 Å². The number of carboxylic acids is 1. The van der Waals surface area contributed by atoms with Crippen LogP contribution in [0.3, 0.4) is 0 Å². The molecule has 1 rings (SSSR count). The third kappa shape index (κ3) is 5.24. The van der Waals surface area contributed by atoms with E-state index in [0.717, 1.165) is 6.07 Å². The number of carboxylic acid groups (broad SMARTS) is 1. The molecule has 0 saturated carbocycles. The van der Waals surface area contributed by atoms with E-state index in [1.807, 2.05) is 6.07 Å². The number of unbranched alkanes of at least 4 members (excludes halogenated alkanes) is 1. The van der Waals surface area contributed by atoms with Crippen LogP contribution in [0, 0.1) is 11.3 Å². The van der Waals surface area contributed by atoms with Gasteiger partial charge < -0.3 is 20.1 Å². The van der Waals surface area contributed by atoms with E-state index in [0.29, 0.717) is 18.9 Å². The molecule has 1 aromatic rings. The first kappa shape index (κ1) is 16.0. The van der Waals surface area contributed by atoms with Gasteiger partial charge in [0, 0.05) is 24.1 Å². The van der Waals surface area contributed by atoms with E-state index in [-0.39, 0.29) is 23.7 Å². The Morgan fingerprint density at radius 1 is 1.29 bits per heavy atom. The van der Waals surface area contributed by atoms with E-state index in [9.17, 15) is 14.7 Å². The molecule has 3 N–H and O–H groups in total. The number of ketones is 1. The van der Waals surface area contributed by atoms with E-state index in [2.05, 4.69) is 0 Å². The van der Waals surface area contributed by atoms with Gasteiger partial charge in [-0.05, 0) is 18.6 Å². The fourth-order valence-electron chi connectivity index (χ4n) is 1.42. The lowest BCUT2D eigenvalue weighted by Gasteiger charge is -2.07. The predicted molar refractivity (Wildman–Crippen MR) is 71.1 cm³/mol. The molecule has 0 aliphatic rings. The smallest absolute Gasteiger partial charge is 0.371 e. The van der Waals surface area contributed by atoms with Crippen molar-refractivity contribution in [2.24, 2.45) is 0 Å². The molecule has 0 saturated heterocycles. The van der Waals surface area contributed by atoms with Crippen LogP contribution in [0.2, 0.25) is 0 Å². The van der Waals surface area contributed by atoms with Crippen LogP contribution in [0.15, 0.2) is 30.0 Å². The van der Waals surface area contributed by atoms with E-state index in [1.54, 1.807) is 0 Å². The number of aromatic hydroxyl groups is 1. The fourth-order valence-corrected chi connectivity index (χ4v) is 1.42. The molecule has 0 aromatic heterocycles. The Hall–Kier alpha value is -3.01.